The van der Waals surface area contributed by atoms with Crippen LogP contribution in [0.2, 0.25) is 0 Å². The number of fused-ring (bicyclic) bond motifs is 11. The highest BCUT2D eigenvalue weighted by Gasteiger charge is 2.23. The molecule has 0 spiro atoms. The third-order valence-corrected chi connectivity index (χ3v) is 10.1. The summed E-state index contributed by atoms with van der Waals surface area (Å²) < 4.78 is 11.6. The number of nitrogens with zero attached hydrogens (tertiary/aromatic N) is 2. The Bertz CT molecular complexity index is 3070. The van der Waals surface area contributed by atoms with Gasteiger partial charge in [0.25, 0.3) is 0 Å². The quantitative estimate of drug-likeness (QED) is 0.194. The van der Waals surface area contributed by atoms with Crippen LogP contribution in [0.5, 0.6) is 0 Å². The Hall–Kier alpha value is -6.32. The molecule has 7 aromatic carbocycles. The van der Waals surface area contributed by atoms with Crippen LogP contribution >= 0.6 is 0 Å². The highest BCUT2D eigenvalue weighted by atomic mass is 16.3. The van der Waals surface area contributed by atoms with Crippen LogP contribution in [0, 0.1) is 0 Å². The molecule has 0 saturated heterocycles. The van der Waals surface area contributed by atoms with Gasteiger partial charge in [-0.1, -0.05) is 121 Å². The molecule has 0 radical (unpaired) electrons. The van der Waals surface area contributed by atoms with Crippen LogP contribution in [0.3, 0.4) is 0 Å². The molecular formula is C44H26N2O. The highest BCUT2D eigenvalue weighted by Crippen LogP contribution is 2.45. The van der Waals surface area contributed by atoms with Crippen LogP contribution in [0.15, 0.2) is 162 Å². The maximum Gasteiger partial charge on any atom is 0.143 e. The summed E-state index contributed by atoms with van der Waals surface area (Å²) in [6.45, 7) is 0. The smallest absolute Gasteiger partial charge is 0.143 e. The number of benzene rings is 7. The Morgan fingerprint density at radius 3 is 1.85 bits per heavy atom. The Labute approximate surface area is 269 Å². The van der Waals surface area contributed by atoms with Gasteiger partial charge in [0.2, 0.25) is 0 Å². The molecule has 0 atom stereocenters. The zero-order chi connectivity index (χ0) is 30.6. The summed E-state index contributed by atoms with van der Waals surface area (Å²) in [5.41, 5.74) is 11.2. The first-order valence-electron chi connectivity index (χ1n) is 16.1. The first-order chi connectivity index (χ1) is 23.3. The molecule has 0 bridgehead atoms. The van der Waals surface area contributed by atoms with Crippen LogP contribution in [0.25, 0.3) is 98.7 Å². The third-order valence-electron chi connectivity index (χ3n) is 10.1. The Kier molecular flexibility index (Phi) is 4.84. The normalized spacial score (nSPS) is 12.3. The van der Waals surface area contributed by atoms with E-state index in [-0.39, 0.29) is 0 Å². The second kappa shape index (κ2) is 9.12. The van der Waals surface area contributed by atoms with Crippen LogP contribution in [0.1, 0.15) is 0 Å². The van der Waals surface area contributed by atoms with Gasteiger partial charge in [-0.05, 0) is 58.1 Å². The van der Waals surface area contributed by atoms with Gasteiger partial charge in [0.15, 0.2) is 0 Å². The van der Waals surface area contributed by atoms with Gasteiger partial charge in [0, 0.05) is 38.2 Å². The molecule has 0 aliphatic rings. The van der Waals surface area contributed by atoms with Crippen molar-refractivity contribution in [1.82, 2.24) is 8.97 Å². The van der Waals surface area contributed by atoms with Gasteiger partial charge in [0.05, 0.1) is 27.6 Å². The van der Waals surface area contributed by atoms with Crippen molar-refractivity contribution in [2.75, 3.05) is 0 Å². The molecular weight excluding hydrogens is 572 g/mol. The van der Waals surface area contributed by atoms with Crippen molar-refractivity contribution in [1.29, 1.82) is 0 Å². The minimum atomic E-state index is 0.892. The minimum Gasteiger partial charge on any atom is -0.455 e. The largest absolute Gasteiger partial charge is 0.455 e. The summed E-state index contributed by atoms with van der Waals surface area (Å²) in [5.74, 6) is 0. The summed E-state index contributed by atoms with van der Waals surface area (Å²) in [4.78, 5) is 0. The second-order valence-corrected chi connectivity index (χ2v) is 12.5. The molecule has 0 N–H and O–H groups in total. The van der Waals surface area contributed by atoms with Crippen LogP contribution in [-0.2, 0) is 0 Å². The fourth-order valence-electron chi connectivity index (χ4n) is 8.14. The van der Waals surface area contributed by atoms with E-state index in [4.69, 9.17) is 4.42 Å². The Morgan fingerprint density at radius 1 is 0.404 bits per heavy atom. The fourth-order valence-corrected chi connectivity index (χ4v) is 8.14. The molecule has 11 aromatic rings. The molecule has 11 rings (SSSR count). The Morgan fingerprint density at radius 2 is 1.02 bits per heavy atom. The third kappa shape index (κ3) is 3.25. The molecule has 4 heterocycles. The molecule has 4 aromatic heterocycles. The first kappa shape index (κ1) is 24.9. The highest BCUT2D eigenvalue weighted by molar-refractivity contribution is 6.30. The van der Waals surface area contributed by atoms with Crippen LogP contribution < -0.4 is 0 Å². The molecule has 3 heteroatoms. The summed E-state index contributed by atoms with van der Waals surface area (Å²) in [5, 5.41) is 9.73. The SMILES string of the molecule is c1ccc(-c2cccc3c2oc2ccc(-n4c5cccc6c7ccccc7c7ccccc7n7c8ccccc8c4c7c65)cc23)cc1. The zero-order valence-corrected chi connectivity index (χ0v) is 25.3. The number of hydrogen-bond acceptors (Lipinski definition) is 1. The Balaban J connectivity index is 1.34. The molecule has 218 valence electrons. The van der Waals surface area contributed by atoms with Gasteiger partial charge in [0.1, 0.15) is 11.2 Å². The lowest BCUT2D eigenvalue weighted by molar-refractivity contribution is 0.670. The minimum absolute atomic E-state index is 0.892. The van der Waals surface area contributed by atoms with Crippen molar-refractivity contribution in [3.63, 3.8) is 0 Å². The van der Waals surface area contributed by atoms with Crippen molar-refractivity contribution in [3.8, 4) is 16.8 Å². The summed E-state index contributed by atoms with van der Waals surface area (Å²) in [6, 6.07) is 57.0. The predicted octanol–water partition coefficient (Wildman–Crippen LogP) is 12.1. The van der Waals surface area contributed by atoms with Crippen molar-refractivity contribution in [2.24, 2.45) is 0 Å². The first-order valence-corrected chi connectivity index (χ1v) is 16.1. The number of rotatable bonds is 2. The van der Waals surface area contributed by atoms with E-state index in [0.717, 1.165) is 38.8 Å². The standard InChI is InChI=1S/C44H26N2O/c1-2-12-27(13-3-1)29-18-10-20-34-36-26-28(24-25-40(36)47-44(29)34)45-39-23-11-19-33-31-15-5-4-14-30(31)32-16-6-8-21-37(32)46-38-22-9-7-17-35(38)42(45)43(46)41(33)39/h1-26H. The molecule has 0 saturated carbocycles. The summed E-state index contributed by atoms with van der Waals surface area (Å²) >= 11 is 0. The van der Waals surface area contributed by atoms with Gasteiger partial charge in [-0.25, -0.2) is 0 Å². The molecule has 0 fully saturated rings. The lowest BCUT2D eigenvalue weighted by Gasteiger charge is -2.10. The van der Waals surface area contributed by atoms with Crippen molar-refractivity contribution >= 4 is 81.8 Å². The van der Waals surface area contributed by atoms with Crippen molar-refractivity contribution in [2.45, 2.75) is 0 Å². The lowest BCUT2D eigenvalue weighted by Crippen LogP contribution is -1.93. The average Bonchev–Trinajstić information content (AvgIpc) is 3.78. The number of furan rings is 1. The van der Waals surface area contributed by atoms with Gasteiger partial charge < -0.3 is 13.4 Å². The van der Waals surface area contributed by atoms with E-state index in [1.165, 1.54) is 59.9 Å². The van der Waals surface area contributed by atoms with Crippen LogP contribution in [0.4, 0.5) is 0 Å². The molecule has 0 unspecified atom stereocenters. The molecule has 0 amide bonds. The van der Waals surface area contributed by atoms with Crippen molar-refractivity contribution < 1.29 is 4.42 Å². The lowest BCUT2D eigenvalue weighted by atomic mass is 10.0. The fraction of sp³-hybridized carbons (Fsp3) is 0. The zero-order valence-electron chi connectivity index (χ0n) is 25.3. The maximum atomic E-state index is 6.59. The molecule has 0 aliphatic heterocycles. The molecule has 3 nitrogen and oxygen atoms in total. The van der Waals surface area contributed by atoms with Gasteiger partial charge >= 0.3 is 0 Å². The van der Waals surface area contributed by atoms with E-state index >= 15 is 0 Å². The van der Waals surface area contributed by atoms with Crippen molar-refractivity contribution in [3.05, 3.63) is 158 Å². The predicted molar refractivity (Wildman–Crippen MR) is 197 cm³/mol. The van der Waals surface area contributed by atoms with E-state index in [0.29, 0.717) is 0 Å². The number of hydrogen-bond donors (Lipinski definition) is 0. The second-order valence-electron chi connectivity index (χ2n) is 12.5. The monoisotopic (exact) mass is 598 g/mol. The van der Waals surface area contributed by atoms with Gasteiger partial charge in [-0.15, -0.1) is 0 Å². The van der Waals surface area contributed by atoms with Gasteiger partial charge in [-0.2, -0.15) is 0 Å². The summed E-state index contributed by atoms with van der Waals surface area (Å²) in [7, 11) is 0. The number of para-hydroxylation sites is 3. The van der Waals surface area contributed by atoms with Gasteiger partial charge in [-0.3, -0.25) is 0 Å². The van der Waals surface area contributed by atoms with E-state index in [9.17, 15) is 0 Å². The molecule has 47 heavy (non-hydrogen) atoms. The average molecular weight is 599 g/mol. The topological polar surface area (TPSA) is 22.5 Å². The van der Waals surface area contributed by atoms with E-state index in [2.05, 4.69) is 167 Å². The van der Waals surface area contributed by atoms with Crippen LogP contribution in [-0.4, -0.2) is 8.97 Å². The van der Waals surface area contributed by atoms with E-state index in [1.54, 1.807) is 0 Å². The van der Waals surface area contributed by atoms with E-state index in [1.807, 2.05) is 0 Å². The maximum absolute atomic E-state index is 6.59. The molecule has 0 aliphatic carbocycles. The number of aromatic nitrogens is 2. The van der Waals surface area contributed by atoms with E-state index < -0.39 is 0 Å². The summed E-state index contributed by atoms with van der Waals surface area (Å²) in [6.07, 6.45) is 0.